The second-order valence-electron chi connectivity index (χ2n) is 7.42. The van der Waals surface area contributed by atoms with Crippen LogP contribution in [-0.2, 0) is 9.84 Å². The summed E-state index contributed by atoms with van der Waals surface area (Å²) in [6.07, 6.45) is 2.15. The normalized spacial score (nSPS) is 17.0. The fraction of sp³-hybridized carbons (Fsp3) is 0.227. The second kappa shape index (κ2) is 8.26. The van der Waals surface area contributed by atoms with Gasteiger partial charge in [-0.05, 0) is 43.0 Å². The first-order chi connectivity index (χ1) is 14.1. The van der Waals surface area contributed by atoms with Crippen molar-refractivity contribution in [2.75, 3.05) is 18.4 Å². The average Bonchev–Trinajstić information content (AvgIpc) is 3.20. The number of sulfone groups is 1. The number of nitrogens with zero attached hydrogens (tertiary/aromatic N) is 1. The van der Waals surface area contributed by atoms with E-state index in [-0.39, 0.29) is 28.4 Å². The third-order valence-electron chi connectivity index (χ3n) is 5.51. The SMILES string of the molecule is Cl.O=S(=O)(c1cccc2ccccc12)c1[nH]nc2cccc(NC3CCCNC3)c12. The van der Waals surface area contributed by atoms with E-state index in [9.17, 15) is 8.42 Å². The van der Waals surface area contributed by atoms with Gasteiger partial charge in [0.05, 0.1) is 15.8 Å². The first-order valence-electron chi connectivity index (χ1n) is 9.82. The van der Waals surface area contributed by atoms with Crippen LogP contribution in [0.2, 0.25) is 0 Å². The Morgan fingerprint density at radius 3 is 2.63 bits per heavy atom. The summed E-state index contributed by atoms with van der Waals surface area (Å²) in [5.41, 5.74) is 1.43. The fourth-order valence-electron chi connectivity index (χ4n) is 4.09. The van der Waals surface area contributed by atoms with Crippen LogP contribution in [0.4, 0.5) is 5.69 Å². The van der Waals surface area contributed by atoms with Crippen LogP contribution < -0.4 is 10.6 Å². The fourth-order valence-corrected chi connectivity index (χ4v) is 5.69. The van der Waals surface area contributed by atoms with Crippen LogP contribution in [0.25, 0.3) is 21.7 Å². The number of aromatic amines is 1. The molecule has 3 N–H and O–H groups in total. The van der Waals surface area contributed by atoms with Gasteiger partial charge in [-0.2, -0.15) is 5.10 Å². The van der Waals surface area contributed by atoms with E-state index >= 15 is 0 Å². The van der Waals surface area contributed by atoms with Crippen LogP contribution in [0.5, 0.6) is 0 Å². The lowest BCUT2D eigenvalue weighted by molar-refractivity contribution is 0.480. The minimum absolute atomic E-state index is 0. The zero-order valence-corrected chi connectivity index (χ0v) is 17.9. The molecule has 1 atom stereocenters. The van der Waals surface area contributed by atoms with Crippen LogP contribution in [0.1, 0.15) is 12.8 Å². The van der Waals surface area contributed by atoms with Crippen molar-refractivity contribution in [1.29, 1.82) is 0 Å². The standard InChI is InChI=1S/C22H22N4O2S.ClH/c27-29(28,20-12-3-7-15-6-1-2-9-17(15)20)22-21-18(10-4-11-19(21)25-26-22)24-16-8-5-13-23-14-16;/h1-4,6-7,9-12,16,23-24H,5,8,13-14H2,(H,25,26);1H. The summed E-state index contributed by atoms with van der Waals surface area (Å²) < 4.78 is 27.3. The summed E-state index contributed by atoms with van der Waals surface area (Å²) in [7, 11) is -3.79. The van der Waals surface area contributed by atoms with Crippen molar-refractivity contribution in [1.82, 2.24) is 15.5 Å². The topological polar surface area (TPSA) is 86.9 Å². The summed E-state index contributed by atoms with van der Waals surface area (Å²) in [5.74, 6) is 0. The van der Waals surface area contributed by atoms with Crippen LogP contribution in [0, 0.1) is 0 Å². The lowest BCUT2D eigenvalue weighted by atomic mass is 10.1. The highest BCUT2D eigenvalue weighted by Crippen LogP contribution is 2.34. The van der Waals surface area contributed by atoms with Gasteiger partial charge in [-0.1, -0.05) is 42.5 Å². The van der Waals surface area contributed by atoms with Crippen molar-refractivity contribution in [2.24, 2.45) is 0 Å². The minimum atomic E-state index is -3.79. The van der Waals surface area contributed by atoms with Gasteiger partial charge in [0.25, 0.3) is 0 Å². The number of fused-ring (bicyclic) bond motifs is 2. The van der Waals surface area contributed by atoms with Gasteiger partial charge < -0.3 is 10.6 Å². The molecule has 4 aromatic rings. The van der Waals surface area contributed by atoms with E-state index in [1.165, 1.54) is 0 Å². The maximum absolute atomic E-state index is 13.7. The number of piperidine rings is 1. The Labute approximate surface area is 181 Å². The molecule has 3 aromatic carbocycles. The number of aromatic nitrogens is 2. The largest absolute Gasteiger partial charge is 0.380 e. The summed E-state index contributed by atoms with van der Waals surface area (Å²) in [5, 5.41) is 16.3. The molecular weight excluding hydrogens is 420 g/mol. The van der Waals surface area contributed by atoms with Crippen molar-refractivity contribution in [3.63, 3.8) is 0 Å². The van der Waals surface area contributed by atoms with Gasteiger partial charge in [0, 0.05) is 23.7 Å². The molecule has 1 fully saturated rings. The Balaban J connectivity index is 0.00000218. The Morgan fingerprint density at radius 2 is 1.80 bits per heavy atom. The number of benzene rings is 3. The molecule has 6 nitrogen and oxygen atoms in total. The van der Waals surface area contributed by atoms with Crippen molar-refractivity contribution in [3.05, 3.63) is 60.7 Å². The molecule has 8 heteroatoms. The van der Waals surface area contributed by atoms with E-state index in [1.54, 1.807) is 12.1 Å². The third-order valence-corrected chi connectivity index (χ3v) is 7.28. The summed E-state index contributed by atoms with van der Waals surface area (Å²) >= 11 is 0. The molecule has 156 valence electrons. The Kier molecular flexibility index (Phi) is 5.69. The summed E-state index contributed by atoms with van der Waals surface area (Å²) in [6, 6.07) is 18.8. The molecule has 0 aliphatic carbocycles. The molecule has 1 saturated heterocycles. The predicted molar refractivity (Wildman–Crippen MR) is 122 cm³/mol. The van der Waals surface area contributed by atoms with Crippen molar-refractivity contribution >= 4 is 49.6 Å². The van der Waals surface area contributed by atoms with Crippen molar-refractivity contribution in [3.8, 4) is 0 Å². The van der Waals surface area contributed by atoms with E-state index in [0.29, 0.717) is 16.3 Å². The first kappa shape index (κ1) is 20.7. The molecule has 30 heavy (non-hydrogen) atoms. The number of H-pyrrole nitrogens is 1. The van der Waals surface area contributed by atoms with Crippen LogP contribution in [0.15, 0.2) is 70.6 Å². The van der Waals surface area contributed by atoms with Crippen LogP contribution in [-0.4, -0.2) is 37.7 Å². The molecular formula is C22H23ClN4O2S. The number of nitrogens with one attached hydrogen (secondary N) is 3. The Morgan fingerprint density at radius 1 is 1.00 bits per heavy atom. The quantitative estimate of drug-likeness (QED) is 0.442. The monoisotopic (exact) mass is 442 g/mol. The molecule has 5 rings (SSSR count). The van der Waals surface area contributed by atoms with Gasteiger partial charge in [-0.3, -0.25) is 5.10 Å². The molecule has 0 radical (unpaired) electrons. The Hall–Kier alpha value is -2.61. The number of halogens is 1. The molecule has 2 heterocycles. The third kappa shape index (κ3) is 3.53. The number of rotatable bonds is 4. The number of anilines is 1. The average molecular weight is 443 g/mol. The first-order valence-corrected chi connectivity index (χ1v) is 11.3. The van der Waals surface area contributed by atoms with Crippen molar-refractivity contribution < 1.29 is 8.42 Å². The number of hydrogen-bond donors (Lipinski definition) is 3. The van der Waals surface area contributed by atoms with E-state index < -0.39 is 9.84 Å². The van der Waals surface area contributed by atoms with E-state index in [0.717, 1.165) is 37.0 Å². The molecule has 1 aromatic heterocycles. The van der Waals surface area contributed by atoms with Gasteiger partial charge >= 0.3 is 0 Å². The maximum atomic E-state index is 13.7. The summed E-state index contributed by atoms with van der Waals surface area (Å²) in [6.45, 7) is 1.88. The number of hydrogen-bond acceptors (Lipinski definition) is 5. The van der Waals surface area contributed by atoms with Gasteiger partial charge in [-0.25, -0.2) is 8.42 Å². The Bertz CT molecular complexity index is 1290. The predicted octanol–water partition coefficient (Wildman–Crippen LogP) is 4.13. The smallest absolute Gasteiger partial charge is 0.224 e. The highest BCUT2D eigenvalue weighted by Gasteiger charge is 2.27. The molecule has 1 aliphatic heterocycles. The van der Waals surface area contributed by atoms with E-state index in [1.807, 2.05) is 48.5 Å². The molecule has 0 spiro atoms. The zero-order valence-electron chi connectivity index (χ0n) is 16.3. The minimum Gasteiger partial charge on any atom is -0.380 e. The highest BCUT2D eigenvalue weighted by molar-refractivity contribution is 7.91. The maximum Gasteiger partial charge on any atom is 0.224 e. The van der Waals surface area contributed by atoms with Crippen molar-refractivity contribution in [2.45, 2.75) is 28.8 Å². The van der Waals surface area contributed by atoms with Gasteiger partial charge in [0.2, 0.25) is 9.84 Å². The van der Waals surface area contributed by atoms with Gasteiger partial charge in [0.15, 0.2) is 5.03 Å². The molecule has 0 bridgehead atoms. The lowest BCUT2D eigenvalue weighted by Gasteiger charge is -2.25. The molecule has 0 amide bonds. The van der Waals surface area contributed by atoms with Gasteiger partial charge in [0.1, 0.15) is 0 Å². The van der Waals surface area contributed by atoms with E-state index in [2.05, 4.69) is 20.8 Å². The van der Waals surface area contributed by atoms with Gasteiger partial charge in [-0.15, -0.1) is 12.4 Å². The molecule has 0 saturated carbocycles. The second-order valence-corrected chi connectivity index (χ2v) is 9.28. The highest BCUT2D eigenvalue weighted by atomic mass is 35.5. The zero-order chi connectivity index (χ0) is 19.8. The molecule has 1 unspecified atom stereocenters. The molecule has 1 aliphatic rings. The summed E-state index contributed by atoms with van der Waals surface area (Å²) in [4.78, 5) is 0.287. The van der Waals surface area contributed by atoms with E-state index in [4.69, 9.17) is 0 Å². The van der Waals surface area contributed by atoms with Crippen LogP contribution in [0.3, 0.4) is 0 Å². The van der Waals surface area contributed by atoms with Crippen LogP contribution >= 0.6 is 12.4 Å². The lowest BCUT2D eigenvalue weighted by Crippen LogP contribution is -2.38.